The van der Waals surface area contributed by atoms with Crippen molar-refractivity contribution in [2.24, 2.45) is 17.3 Å². The van der Waals surface area contributed by atoms with Crippen LogP contribution in [0.5, 0.6) is 5.75 Å². The van der Waals surface area contributed by atoms with Gasteiger partial charge in [-0.2, -0.15) is 8.78 Å². The van der Waals surface area contributed by atoms with E-state index in [2.05, 4.69) is 20.1 Å². The highest BCUT2D eigenvalue weighted by Gasteiger charge is 2.61. The molecule has 6 nitrogen and oxygen atoms in total. The van der Waals surface area contributed by atoms with Crippen LogP contribution in [0.15, 0.2) is 30.6 Å². The largest absolute Gasteiger partial charge is 0.435 e. The lowest BCUT2D eigenvalue weighted by molar-refractivity contribution is -0.150. The first kappa shape index (κ1) is 18.8. The number of aromatic nitrogens is 3. The molecule has 0 spiro atoms. The fourth-order valence-corrected chi connectivity index (χ4v) is 6.33. The second-order valence-corrected chi connectivity index (χ2v) is 9.12. The Labute approximate surface area is 171 Å². The lowest BCUT2D eigenvalue weighted by atomic mass is 9.46. The summed E-state index contributed by atoms with van der Waals surface area (Å²) in [6.45, 7) is -2.87. The second-order valence-electron chi connectivity index (χ2n) is 8.78. The summed E-state index contributed by atoms with van der Waals surface area (Å²) in [7, 11) is 0. The molecule has 29 heavy (non-hydrogen) atoms. The van der Waals surface area contributed by atoms with E-state index in [9.17, 15) is 13.6 Å². The smallest absolute Gasteiger partial charge is 0.387 e. The van der Waals surface area contributed by atoms with Crippen LogP contribution in [-0.4, -0.2) is 27.3 Å². The number of ether oxygens (including phenoxy) is 1. The molecule has 4 saturated carbocycles. The zero-order chi connectivity index (χ0) is 20.2. The summed E-state index contributed by atoms with van der Waals surface area (Å²) in [6.07, 6.45) is 7.28. The summed E-state index contributed by atoms with van der Waals surface area (Å²) in [5, 5.41) is 7.60. The van der Waals surface area contributed by atoms with E-state index in [1.165, 1.54) is 12.1 Å². The number of rotatable bonds is 5. The van der Waals surface area contributed by atoms with E-state index in [4.69, 9.17) is 11.6 Å². The fourth-order valence-electron chi connectivity index (χ4n) is 6.20. The maximum Gasteiger partial charge on any atom is 0.387 e. The molecule has 1 aromatic carbocycles. The number of hydrogen-bond acceptors (Lipinski definition) is 4. The molecule has 9 heteroatoms. The Morgan fingerprint density at radius 3 is 2.48 bits per heavy atom. The molecule has 1 aromatic heterocycles. The minimum atomic E-state index is -2.87. The summed E-state index contributed by atoms with van der Waals surface area (Å²) in [5.74, 6) is 1.01. The van der Waals surface area contributed by atoms with Crippen LogP contribution in [0.25, 0.3) is 0 Å². The van der Waals surface area contributed by atoms with Crippen molar-refractivity contribution in [3.63, 3.8) is 0 Å². The highest BCUT2D eigenvalue weighted by molar-refractivity contribution is 6.28. The molecule has 4 fully saturated rings. The third kappa shape index (κ3) is 3.27. The number of carbonyl (C=O) groups is 1. The third-order valence-corrected chi connectivity index (χ3v) is 6.97. The number of nitrogens with one attached hydrogen (secondary N) is 1. The summed E-state index contributed by atoms with van der Waals surface area (Å²) < 4.78 is 30.9. The van der Waals surface area contributed by atoms with Gasteiger partial charge < -0.3 is 10.1 Å². The van der Waals surface area contributed by atoms with E-state index in [1.54, 1.807) is 18.5 Å². The van der Waals surface area contributed by atoms with E-state index in [0.29, 0.717) is 23.9 Å². The molecule has 0 unspecified atom stereocenters. The van der Waals surface area contributed by atoms with Gasteiger partial charge in [-0.15, -0.1) is 5.10 Å². The predicted molar refractivity (Wildman–Crippen MR) is 102 cm³/mol. The number of anilines is 1. The van der Waals surface area contributed by atoms with Gasteiger partial charge in [-0.25, -0.2) is 9.67 Å². The molecular formula is C20H21ClF2N4O2. The summed E-state index contributed by atoms with van der Waals surface area (Å²) >= 11 is 5.97. The van der Waals surface area contributed by atoms with Crippen molar-refractivity contribution in [1.29, 1.82) is 0 Å². The monoisotopic (exact) mass is 422 g/mol. The lowest BCUT2D eigenvalue weighted by Gasteiger charge is -2.60. The highest BCUT2D eigenvalue weighted by atomic mass is 35.5. The molecule has 6 rings (SSSR count). The van der Waals surface area contributed by atoms with E-state index >= 15 is 0 Å². The van der Waals surface area contributed by atoms with Gasteiger partial charge in [0.05, 0.1) is 11.0 Å². The number of halogens is 3. The third-order valence-electron chi connectivity index (χ3n) is 6.80. The van der Waals surface area contributed by atoms with Gasteiger partial charge in [0.25, 0.3) is 0 Å². The standard InChI is InChI=1S/C20H21ClF2N4O2/c21-17-24-11-27(26-17)20-8-12-5-13(9-20)7-19(6-12,10-20)16(28)25-14-1-3-15(4-2-14)29-18(22)23/h1-4,11-13,18H,5-10H2,(H,25,28)/t12-,13-,19?,20?/m1/s1. The Hall–Kier alpha value is -2.22. The average molecular weight is 423 g/mol. The maximum absolute atomic E-state index is 13.4. The van der Waals surface area contributed by atoms with Gasteiger partial charge in [0.15, 0.2) is 0 Å². The van der Waals surface area contributed by atoms with Crippen LogP contribution in [-0.2, 0) is 10.3 Å². The van der Waals surface area contributed by atoms with E-state index in [-0.39, 0.29) is 22.5 Å². The first-order valence-electron chi connectivity index (χ1n) is 9.80. The Bertz CT molecular complexity index is 919. The number of hydrogen-bond donors (Lipinski definition) is 1. The molecule has 4 aliphatic rings. The number of carbonyl (C=O) groups excluding carboxylic acids is 1. The molecule has 4 bridgehead atoms. The van der Waals surface area contributed by atoms with Gasteiger partial charge >= 0.3 is 6.61 Å². The first-order chi connectivity index (χ1) is 13.9. The van der Waals surface area contributed by atoms with Crippen LogP contribution >= 0.6 is 11.6 Å². The number of nitrogens with zero attached hydrogens (tertiary/aromatic N) is 3. The van der Waals surface area contributed by atoms with Gasteiger partial charge in [-0.1, -0.05) is 0 Å². The topological polar surface area (TPSA) is 69.0 Å². The van der Waals surface area contributed by atoms with Crippen LogP contribution < -0.4 is 10.1 Å². The zero-order valence-electron chi connectivity index (χ0n) is 15.7. The van der Waals surface area contributed by atoms with E-state index in [1.807, 2.05) is 4.68 Å². The summed E-state index contributed by atoms with van der Waals surface area (Å²) in [6, 6.07) is 6.03. The van der Waals surface area contributed by atoms with Crippen molar-refractivity contribution in [1.82, 2.24) is 14.8 Å². The fraction of sp³-hybridized carbons (Fsp3) is 0.550. The average Bonchev–Trinajstić information content (AvgIpc) is 3.09. The Kier molecular flexibility index (Phi) is 4.31. The van der Waals surface area contributed by atoms with E-state index < -0.39 is 12.0 Å². The Balaban J connectivity index is 1.38. The van der Waals surface area contributed by atoms with Crippen molar-refractivity contribution < 1.29 is 18.3 Å². The van der Waals surface area contributed by atoms with Crippen molar-refractivity contribution in [2.45, 2.75) is 50.7 Å². The van der Waals surface area contributed by atoms with Gasteiger partial charge in [0.1, 0.15) is 12.1 Å². The molecule has 1 heterocycles. The second kappa shape index (κ2) is 6.65. The van der Waals surface area contributed by atoms with Crippen molar-refractivity contribution in [3.8, 4) is 5.75 Å². The molecule has 2 aromatic rings. The molecule has 0 aliphatic heterocycles. The van der Waals surface area contributed by atoms with Gasteiger partial charge in [-0.3, -0.25) is 4.79 Å². The van der Waals surface area contributed by atoms with Crippen LogP contribution in [0, 0.1) is 17.3 Å². The summed E-state index contributed by atoms with van der Waals surface area (Å²) in [4.78, 5) is 17.5. The van der Waals surface area contributed by atoms with Crippen LogP contribution in [0.4, 0.5) is 14.5 Å². The van der Waals surface area contributed by atoms with Crippen LogP contribution in [0.3, 0.4) is 0 Å². The zero-order valence-corrected chi connectivity index (χ0v) is 16.4. The van der Waals surface area contributed by atoms with Gasteiger partial charge in [0.2, 0.25) is 11.2 Å². The molecule has 4 aliphatic carbocycles. The maximum atomic E-state index is 13.4. The highest BCUT2D eigenvalue weighted by Crippen LogP contribution is 2.64. The quantitative estimate of drug-likeness (QED) is 0.772. The van der Waals surface area contributed by atoms with Crippen molar-refractivity contribution in [3.05, 3.63) is 35.9 Å². The molecule has 154 valence electrons. The molecular weight excluding hydrogens is 402 g/mol. The number of alkyl halides is 2. The molecule has 1 amide bonds. The van der Waals surface area contributed by atoms with Crippen molar-refractivity contribution >= 4 is 23.2 Å². The van der Waals surface area contributed by atoms with E-state index in [0.717, 1.165) is 32.1 Å². The van der Waals surface area contributed by atoms with Crippen molar-refractivity contribution in [2.75, 3.05) is 5.32 Å². The molecule has 2 atom stereocenters. The van der Waals surface area contributed by atoms with Gasteiger partial charge in [0, 0.05) is 5.69 Å². The predicted octanol–water partition coefficient (Wildman–Crippen LogP) is 4.47. The Morgan fingerprint density at radius 1 is 1.21 bits per heavy atom. The van der Waals surface area contributed by atoms with Gasteiger partial charge in [-0.05, 0) is 86.2 Å². The van der Waals surface area contributed by atoms with Crippen LogP contribution in [0.1, 0.15) is 38.5 Å². The summed E-state index contributed by atoms with van der Waals surface area (Å²) in [5.41, 5.74) is -0.0952. The SMILES string of the molecule is O=C(Nc1ccc(OC(F)F)cc1)C12C[C@H]3C[C@H](C1)CC(n1cnc(Cl)n1)(C3)C2. The lowest BCUT2D eigenvalue weighted by Crippen LogP contribution is -2.60. The molecule has 1 N–H and O–H groups in total. The minimum absolute atomic E-state index is 0.00952. The molecule has 0 saturated heterocycles. The number of benzene rings is 1. The first-order valence-corrected chi connectivity index (χ1v) is 10.2. The van der Waals surface area contributed by atoms with Crippen LogP contribution in [0.2, 0.25) is 5.28 Å². The number of amides is 1. The normalized spacial score (nSPS) is 32.6. The minimum Gasteiger partial charge on any atom is -0.435 e. The molecule has 0 radical (unpaired) electrons. The Morgan fingerprint density at radius 2 is 1.90 bits per heavy atom.